The van der Waals surface area contributed by atoms with E-state index in [1.807, 2.05) is 12.1 Å². The van der Waals surface area contributed by atoms with Crippen LogP contribution in [0, 0.1) is 0 Å². The van der Waals surface area contributed by atoms with E-state index in [1.165, 1.54) is 0 Å². The molecule has 1 aliphatic heterocycles. The van der Waals surface area contributed by atoms with Gasteiger partial charge in [0.1, 0.15) is 0 Å². The van der Waals surface area contributed by atoms with Gasteiger partial charge in [0.05, 0.1) is 18.3 Å². The highest BCUT2D eigenvalue weighted by Gasteiger charge is 2.13. The van der Waals surface area contributed by atoms with Crippen molar-refractivity contribution in [3.05, 3.63) is 35.4 Å². The third-order valence-electron chi connectivity index (χ3n) is 2.97. The predicted molar refractivity (Wildman–Crippen MR) is 71.3 cm³/mol. The molecule has 0 unspecified atom stereocenters. The molecule has 1 aromatic carbocycles. The molecule has 0 atom stereocenters. The molecule has 5 heteroatoms. The summed E-state index contributed by atoms with van der Waals surface area (Å²) in [5, 5.41) is 12.1. The van der Waals surface area contributed by atoms with E-state index >= 15 is 0 Å². The molecular weight excluding hydrogens is 254 g/mol. The lowest BCUT2D eigenvalue weighted by atomic mass is 10.1. The number of benzene rings is 1. The van der Waals surface area contributed by atoms with E-state index in [2.05, 4.69) is 5.32 Å². The molecule has 100 valence electrons. The van der Waals surface area contributed by atoms with Gasteiger partial charge in [0.2, 0.25) is 0 Å². The Morgan fingerprint density at radius 2 is 1.89 bits per heavy atom. The Morgan fingerprint density at radius 1 is 1.28 bits per heavy atom. The highest BCUT2D eigenvalue weighted by atomic mass is 35.5. The Labute approximate surface area is 113 Å². The molecule has 1 aromatic rings. The quantitative estimate of drug-likeness (QED) is 0.880. The van der Waals surface area contributed by atoms with Gasteiger partial charge in [0.15, 0.2) is 0 Å². The van der Waals surface area contributed by atoms with Gasteiger partial charge in [-0.15, -0.1) is 12.4 Å². The summed E-state index contributed by atoms with van der Waals surface area (Å²) in [6, 6.07) is 6.85. The number of halogens is 1. The topological polar surface area (TPSA) is 58.6 Å². The van der Waals surface area contributed by atoms with E-state index in [-0.39, 0.29) is 12.4 Å². The van der Waals surface area contributed by atoms with Crippen molar-refractivity contribution in [2.24, 2.45) is 0 Å². The lowest BCUT2D eigenvalue weighted by Crippen LogP contribution is -2.32. The van der Waals surface area contributed by atoms with Gasteiger partial charge in [0.25, 0.3) is 0 Å². The number of nitrogens with one attached hydrogen (secondary N) is 1. The second kappa shape index (κ2) is 7.36. The van der Waals surface area contributed by atoms with E-state index in [9.17, 15) is 4.79 Å². The van der Waals surface area contributed by atoms with E-state index in [0.717, 1.165) is 31.5 Å². The van der Waals surface area contributed by atoms with Crippen molar-refractivity contribution in [1.82, 2.24) is 5.32 Å². The Kier molecular flexibility index (Phi) is 6.12. The second-order valence-corrected chi connectivity index (χ2v) is 4.26. The van der Waals surface area contributed by atoms with Gasteiger partial charge in [-0.2, -0.15) is 0 Å². The first kappa shape index (κ1) is 15.0. The first-order valence-corrected chi connectivity index (χ1v) is 5.90. The lowest BCUT2D eigenvalue weighted by Gasteiger charge is -2.22. The maximum absolute atomic E-state index is 10.7. The zero-order valence-electron chi connectivity index (χ0n) is 10.1. The Balaban J connectivity index is 0.00000162. The summed E-state index contributed by atoms with van der Waals surface area (Å²) in [6.45, 7) is 2.59. The number of hydrogen-bond donors (Lipinski definition) is 2. The normalized spacial score (nSPS) is 16.0. The number of rotatable bonds is 4. The first-order valence-electron chi connectivity index (χ1n) is 5.90. The van der Waals surface area contributed by atoms with Crippen LogP contribution >= 0.6 is 12.4 Å². The van der Waals surface area contributed by atoms with Crippen LogP contribution in [0.2, 0.25) is 0 Å². The minimum Gasteiger partial charge on any atom is -0.478 e. The molecule has 2 N–H and O–H groups in total. The molecule has 1 aliphatic rings. The molecule has 0 bridgehead atoms. The van der Waals surface area contributed by atoms with Crippen LogP contribution in [-0.2, 0) is 11.3 Å². The minimum absolute atomic E-state index is 0. The number of ether oxygens (including phenoxy) is 1. The van der Waals surface area contributed by atoms with Crippen LogP contribution in [0.5, 0.6) is 0 Å². The third kappa shape index (κ3) is 4.29. The summed E-state index contributed by atoms with van der Waals surface area (Å²) >= 11 is 0. The average Bonchev–Trinajstić information content (AvgIpc) is 2.38. The Hall–Kier alpha value is -1.10. The van der Waals surface area contributed by atoms with Gasteiger partial charge in [-0.3, -0.25) is 0 Å². The number of carboxylic acid groups (broad SMARTS) is 1. The van der Waals surface area contributed by atoms with Crippen molar-refractivity contribution in [3.8, 4) is 0 Å². The van der Waals surface area contributed by atoms with Crippen molar-refractivity contribution in [1.29, 1.82) is 0 Å². The van der Waals surface area contributed by atoms with Crippen molar-refractivity contribution in [2.45, 2.75) is 25.6 Å². The Bertz CT molecular complexity index is 374. The van der Waals surface area contributed by atoms with Crippen molar-refractivity contribution in [2.75, 3.05) is 13.1 Å². The summed E-state index contributed by atoms with van der Waals surface area (Å²) in [7, 11) is 0. The lowest BCUT2D eigenvalue weighted by molar-refractivity contribution is 0.0212. The van der Waals surface area contributed by atoms with Gasteiger partial charge < -0.3 is 15.2 Å². The fourth-order valence-corrected chi connectivity index (χ4v) is 1.92. The highest BCUT2D eigenvalue weighted by Crippen LogP contribution is 2.12. The van der Waals surface area contributed by atoms with E-state index in [4.69, 9.17) is 9.84 Å². The van der Waals surface area contributed by atoms with Gasteiger partial charge in [-0.1, -0.05) is 12.1 Å². The maximum atomic E-state index is 10.7. The largest absolute Gasteiger partial charge is 0.478 e. The SMILES string of the molecule is Cl.O=C(O)c1ccc(COC2CCNCC2)cc1. The highest BCUT2D eigenvalue weighted by molar-refractivity contribution is 5.87. The molecule has 4 nitrogen and oxygen atoms in total. The molecule has 1 saturated heterocycles. The molecule has 18 heavy (non-hydrogen) atoms. The third-order valence-corrected chi connectivity index (χ3v) is 2.97. The first-order chi connectivity index (χ1) is 8.25. The molecule has 0 radical (unpaired) electrons. The van der Waals surface area contributed by atoms with Gasteiger partial charge in [0, 0.05) is 0 Å². The van der Waals surface area contributed by atoms with Crippen molar-refractivity contribution in [3.63, 3.8) is 0 Å². The molecule has 1 heterocycles. The van der Waals surface area contributed by atoms with E-state index in [1.54, 1.807) is 12.1 Å². The number of hydrogen-bond acceptors (Lipinski definition) is 3. The summed E-state index contributed by atoms with van der Waals surface area (Å²) in [6.07, 6.45) is 2.43. The molecule has 2 rings (SSSR count). The number of piperidine rings is 1. The number of carbonyl (C=O) groups is 1. The molecule has 0 amide bonds. The van der Waals surface area contributed by atoms with Crippen LogP contribution in [0.4, 0.5) is 0 Å². The predicted octanol–water partition coefficient (Wildman–Crippen LogP) is 2.08. The van der Waals surface area contributed by atoms with Gasteiger partial charge >= 0.3 is 5.97 Å². The monoisotopic (exact) mass is 271 g/mol. The fraction of sp³-hybridized carbons (Fsp3) is 0.462. The summed E-state index contributed by atoms with van der Waals surface area (Å²) in [5.74, 6) is -0.893. The molecule has 0 aliphatic carbocycles. The summed E-state index contributed by atoms with van der Waals surface area (Å²) in [5.41, 5.74) is 1.34. The summed E-state index contributed by atoms with van der Waals surface area (Å²) < 4.78 is 5.78. The molecule has 0 aromatic heterocycles. The van der Waals surface area contributed by atoms with Crippen LogP contribution in [0.3, 0.4) is 0 Å². The number of carboxylic acids is 1. The van der Waals surface area contributed by atoms with Crippen LogP contribution in [0.1, 0.15) is 28.8 Å². The standard InChI is InChI=1S/C13H17NO3.ClH/c15-13(16)11-3-1-10(2-4-11)9-17-12-5-7-14-8-6-12;/h1-4,12,14H,5-9H2,(H,15,16);1H. The molecular formula is C13H18ClNO3. The van der Waals surface area contributed by atoms with Gasteiger partial charge in [-0.05, 0) is 43.6 Å². The van der Waals surface area contributed by atoms with Crippen molar-refractivity contribution < 1.29 is 14.6 Å². The molecule has 0 spiro atoms. The van der Waals surface area contributed by atoms with Crippen LogP contribution in [-0.4, -0.2) is 30.3 Å². The van der Waals surface area contributed by atoms with Crippen LogP contribution in [0.15, 0.2) is 24.3 Å². The fourth-order valence-electron chi connectivity index (χ4n) is 1.92. The zero-order chi connectivity index (χ0) is 12.1. The Morgan fingerprint density at radius 3 is 2.44 bits per heavy atom. The molecule has 1 fully saturated rings. The zero-order valence-corrected chi connectivity index (χ0v) is 10.9. The van der Waals surface area contributed by atoms with Crippen LogP contribution < -0.4 is 5.32 Å². The van der Waals surface area contributed by atoms with E-state index in [0.29, 0.717) is 18.3 Å². The van der Waals surface area contributed by atoms with Crippen LogP contribution in [0.25, 0.3) is 0 Å². The minimum atomic E-state index is -0.893. The van der Waals surface area contributed by atoms with Gasteiger partial charge in [-0.25, -0.2) is 4.79 Å². The maximum Gasteiger partial charge on any atom is 0.335 e. The van der Waals surface area contributed by atoms with Crippen molar-refractivity contribution >= 4 is 18.4 Å². The van der Waals surface area contributed by atoms with E-state index < -0.39 is 5.97 Å². The smallest absolute Gasteiger partial charge is 0.335 e. The summed E-state index contributed by atoms with van der Waals surface area (Å²) in [4.78, 5) is 10.7. The molecule has 0 saturated carbocycles. The second-order valence-electron chi connectivity index (χ2n) is 4.26. The number of aromatic carboxylic acids is 1. The average molecular weight is 272 g/mol.